The molecule has 1 aromatic rings. The molecular weight excluding hydrogens is 278 g/mol. The van der Waals surface area contributed by atoms with Crippen LogP contribution in [0.5, 0.6) is 0 Å². The van der Waals surface area contributed by atoms with E-state index in [1.807, 2.05) is 18.3 Å². The van der Waals surface area contributed by atoms with Crippen molar-refractivity contribution >= 4 is 23.1 Å². The van der Waals surface area contributed by atoms with Gasteiger partial charge in [-0.05, 0) is 24.5 Å². The molecular formula is C12H16BrMgNO. The maximum absolute atomic E-state index is 9.18. The number of nitrogens with zero attached hydrogens (tertiary/aromatic N) is 1. The molecule has 0 saturated heterocycles. The number of rotatable bonds is 4. The van der Waals surface area contributed by atoms with Crippen molar-refractivity contribution in [3.8, 4) is 0 Å². The Hall–Kier alpha value is -0.164. The molecule has 1 atom stereocenters. The quantitative estimate of drug-likeness (QED) is 0.429. The Balaban J connectivity index is -0.000000399. The Morgan fingerprint density at radius 2 is 2.12 bits per heavy atom. The molecule has 0 radical (unpaired) electrons. The first-order chi connectivity index (χ1) is 6.83. The minimum atomic E-state index is -0.398. The van der Waals surface area contributed by atoms with Crippen LogP contribution in [0.4, 0.5) is 0 Å². The third kappa shape index (κ3) is 10.4. The molecule has 0 aromatic carbocycles. The molecule has 2 nitrogen and oxygen atoms in total. The van der Waals surface area contributed by atoms with Gasteiger partial charge < -0.3 is 28.7 Å². The summed E-state index contributed by atoms with van der Waals surface area (Å²) < 4.78 is 0. The van der Waals surface area contributed by atoms with E-state index >= 15 is 0 Å². The summed E-state index contributed by atoms with van der Waals surface area (Å²) in [5.74, 6) is 0. The van der Waals surface area contributed by atoms with Crippen molar-refractivity contribution in [1.82, 2.24) is 4.98 Å². The van der Waals surface area contributed by atoms with Crippen LogP contribution in [0.1, 0.15) is 12.0 Å². The molecule has 0 saturated carbocycles. The number of aryl methyl sites for hydroxylation is 1. The average Bonchev–Trinajstić information content (AvgIpc) is 2.30. The third-order valence-electron chi connectivity index (χ3n) is 1.72. The number of pyridine rings is 1. The van der Waals surface area contributed by atoms with E-state index in [2.05, 4.69) is 24.7 Å². The second kappa shape index (κ2) is 14.8. The van der Waals surface area contributed by atoms with Crippen molar-refractivity contribution in [3.63, 3.8) is 0 Å². The van der Waals surface area contributed by atoms with Crippen LogP contribution in [0, 0.1) is 6.58 Å². The summed E-state index contributed by atoms with van der Waals surface area (Å²) in [7, 11) is 0. The molecule has 0 aliphatic carbocycles. The molecule has 0 aliphatic rings. The van der Waals surface area contributed by atoms with Crippen molar-refractivity contribution < 1.29 is 22.1 Å². The average molecular weight is 294 g/mol. The Labute approximate surface area is 124 Å². The normalized spacial score (nSPS) is 9.56. The summed E-state index contributed by atoms with van der Waals surface area (Å²) in [6.45, 7) is 10.5. The summed E-state index contributed by atoms with van der Waals surface area (Å²) >= 11 is 0. The molecule has 0 bridgehead atoms. The van der Waals surface area contributed by atoms with Gasteiger partial charge in [0.15, 0.2) is 0 Å². The van der Waals surface area contributed by atoms with Crippen LogP contribution in [0.25, 0.3) is 0 Å². The number of hydrogen-bond acceptors (Lipinski definition) is 2. The van der Waals surface area contributed by atoms with E-state index in [0.29, 0.717) is 0 Å². The van der Waals surface area contributed by atoms with Gasteiger partial charge in [-0.25, -0.2) is 0 Å². The molecule has 0 fully saturated rings. The first-order valence-corrected chi connectivity index (χ1v) is 4.43. The number of hydrogen-bond donors (Lipinski definition) is 1. The number of aromatic nitrogens is 1. The zero-order valence-electron chi connectivity index (χ0n) is 9.35. The van der Waals surface area contributed by atoms with Crippen LogP contribution in [-0.2, 0) is 6.42 Å². The van der Waals surface area contributed by atoms with Gasteiger partial charge in [-0.15, -0.1) is 6.58 Å². The van der Waals surface area contributed by atoms with Gasteiger partial charge in [0, 0.05) is 12.4 Å². The first kappa shape index (κ1) is 21.2. The monoisotopic (exact) mass is 293 g/mol. The van der Waals surface area contributed by atoms with Crippen LogP contribution < -0.4 is 17.0 Å². The van der Waals surface area contributed by atoms with Gasteiger partial charge in [0.25, 0.3) is 0 Å². The molecule has 0 amide bonds. The summed E-state index contributed by atoms with van der Waals surface area (Å²) in [5, 5.41) is 9.18. The van der Waals surface area contributed by atoms with Gasteiger partial charge in [0.05, 0.1) is 6.10 Å². The molecule has 16 heavy (non-hydrogen) atoms. The number of halogens is 1. The SMILES string of the molecule is C=CC(O)CCc1cccnc1.[Br-].[CH-]=C.[Mg+2]. The molecule has 4 heteroatoms. The van der Waals surface area contributed by atoms with E-state index in [1.165, 1.54) is 0 Å². The maximum atomic E-state index is 9.18. The largest absolute Gasteiger partial charge is 2.00 e. The second-order valence-corrected chi connectivity index (χ2v) is 2.70. The molecule has 0 spiro atoms. The molecule has 1 heterocycles. The molecule has 1 rings (SSSR count). The van der Waals surface area contributed by atoms with Crippen molar-refractivity contribution in [2.24, 2.45) is 0 Å². The van der Waals surface area contributed by atoms with Gasteiger partial charge in [0.2, 0.25) is 0 Å². The Morgan fingerprint density at radius 3 is 2.56 bits per heavy atom. The fourth-order valence-corrected chi connectivity index (χ4v) is 0.978. The predicted octanol–water partition coefficient (Wildman–Crippen LogP) is -1.21. The minimum absolute atomic E-state index is 0. The molecule has 1 aromatic heterocycles. The number of aliphatic hydroxyl groups is 1. The maximum Gasteiger partial charge on any atom is 2.00 e. The van der Waals surface area contributed by atoms with Crippen LogP contribution in [0.3, 0.4) is 0 Å². The molecule has 1 unspecified atom stereocenters. The third-order valence-corrected chi connectivity index (χ3v) is 1.72. The summed E-state index contributed by atoms with van der Waals surface area (Å²) in [6, 6.07) is 3.90. The van der Waals surface area contributed by atoms with E-state index < -0.39 is 6.10 Å². The zero-order chi connectivity index (χ0) is 10.8. The van der Waals surface area contributed by atoms with Crippen molar-refractivity contribution in [1.29, 1.82) is 0 Å². The van der Waals surface area contributed by atoms with Crippen molar-refractivity contribution in [3.05, 3.63) is 55.9 Å². The Kier molecular flexibility index (Phi) is 19.6. The summed E-state index contributed by atoms with van der Waals surface area (Å²) in [6.07, 6.45) is 6.28. The molecule has 1 N–H and O–H groups in total. The van der Waals surface area contributed by atoms with Crippen LogP contribution >= 0.6 is 0 Å². The smallest absolute Gasteiger partial charge is 1.00 e. The van der Waals surface area contributed by atoms with Crippen LogP contribution in [-0.4, -0.2) is 39.2 Å². The van der Waals surface area contributed by atoms with Gasteiger partial charge in [-0.2, -0.15) is 0 Å². The van der Waals surface area contributed by atoms with E-state index in [9.17, 15) is 5.11 Å². The van der Waals surface area contributed by atoms with Gasteiger partial charge in [-0.3, -0.25) is 11.6 Å². The fourth-order valence-electron chi connectivity index (χ4n) is 0.978. The first-order valence-electron chi connectivity index (χ1n) is 4.43. The van der Waals surface area contributed by atoms with Crippen molar-refractivity contribution in [2.75, 3.05) is 0 Å². The second-order valence-electron chi connectivity index (χ2n) is 2.70. The Morgan fingerprint density at radius 1 is 1.50 bits per heavy atom. The molecule has 0 aliphatic heterocycles. The van der Waals surface area contributed by atoms with Crippen LogP contribution in [0.2, 0.25) is 0 Å². The van der Waals surface area contributed by atoms with Gasteiger partial charge >= 0.3 is 23.1 Å². The summed E-state index contributed by atoms with van der Waals surface area (Å²) in [4.78, 5) is 3.98. The van der Waals surface area contributed by atoms with E-state index in [4.69, 9.17) is 0 Å². The van der Waals surface area contributed by atoms with E-state index in [1.54, 1.807) is 12.3 Å². The van der Waals surface area contributed by atoms with E-state index in [-0.39, 0.29) is 40.0 Å². The standard InChI is InChI=1S/C10H13NO.C2H3.BrH.Mg/c1-2-10(12)6-5-9-4-3-7-11-8-9;1-2;;/h2-4,7-8,10,12H,1,5-6H2;1H,2H2;1H;/q;-1;;+2/p-1. The topological polar surface area (TPSA) is 33.1 Å². The van der Waals surface area contributed by atoms with Gasteiger partial charge in [-0.1, -0.05) is 12.1 Å². The predicted molar refractivity (Wildman–Crippen MR) is 64.4 cm³/mol. The fraction of sp³-hybridized carbons (Fsp3) is 0.250. The number of aliphatic hydroxyl groups excluding tert-OH is 1. The Bertz CT molecular complexity index is 256. The zero-order valence-corrected chi connectivity index (χ0v) is 12.3. The minimum Gasteiger partial charge on any atom is -1.00 e. The van der Waals surface area contributed by atoms with Crippen LogP contribution in [0.15, 0.2) is 43.8 Å². The molecule has 84 valence electrons. The van der Waals surface area contributed by atoms with Crippen molar-refractivity contribution in [2.45, 2.75) is 18.9 Å². The van der Waals surface area contributed by atoms with E-state index in [0.717, 1.165) is 18.4 Å². The van der Waals surface area contributed by atoms with Gasteiger partial charge in [0.1, 0.15) is 0 Å². The summed E-state index contributed by atoms with van der Waals surface area (Å²) in [5.41, 5.74) is 1.15.